The zero-order valence-corrected chi connectivity index (χ0v) is 11.4. The lowest BCUT2D eigenvalue weighted by Crippen LogP contribution is -2.55. The third-order valence-corrected chi connectivity index (χ3v) is 3.18. The normalized spacial score (nSPS) is 18.6. The van der Waals surface area contributed by atoms with Crippen LogP contribution in [0.5, 0.6) is 0 Å². The van der Waals surface area contributed by atoms with E-state index in [0.29, 0.717) is 24.2 Å². The van der Waals surface area contributed by atoms with Crippen LogP contribution in [0.2, 0.25) is 0 Å². The van der Waals surface area contributed by atoms with Gasteiger partial charge < -0.3 is 15.3 Å². The quantitative estimate of drug-likeness (QED) is 0.771. The summed E-state index contributed by atoms with van der Waals surface area (Å²) >= 11 is 0. The Morgan fingerprint density at radius 1 is 1.48 bits per heavy atom. The number of aliphatic carboxylic acids is 1. The Labute approximate surface area is 121 Å². The van der Waals surface area contributed by atoms with Crippen LogP contribution >= 0.6 is 0 Å². The fourth-order valence-corrected chi connectivity index (χ4v) is 2.06. The van der Waals surface area contributed by atoms with E-state index in [9.17, 15) is 14.4 Å². The monoisotopic (exact) mass is 289 g/mol. The van der Waals surface area contributed by atoms with Gasteiger partial charge in [0.1, 0.15) is 6.04 Å². The third-order valence-electron chi connectivity index (χ3n) is 3.18. The van der Waals surface area contributed by atoms with Crippen LogP contribution in [0.4, 0.5) is 0 Å². The molecule has 0 bridgehead atoms. The van der Waals surface area contributed by atoms with E-state index < -0.39 is 12.0 Å². The molecule has 1 aliphatic heterocycles. The van der Waals surface area contributed by atoms with Crippen LogP contribution in [0.25, 0.3) is 6.08 Å². The molecule has 1 atom stereocenters. The molecule has 110 valence electrons. The van der Waals surface area contributed by atoms with Gasteiger partial charge in [-0.1, -0.05) is 0 Å². The maximum atomic E-state index is 12.4. The largest absolute Gasteiger partial charge is 0.478 e. The predicted octanol–water partition coefficient (Wildman–Crippen LogP) is 0.140. The van der Waals surface area contributed by atoms with Gasteiger partial charge >= 0.3 is 5.97 Å². The summed E-state index contributed by atoms with van der Waals surface area (Å²) in [7, 11) is 0. The first-order chi connectivity index (χ1) is 9.99. The summed E-state index contributed by atoms with van der Waals surface area (Å²) < 4.78 is 0. The average Bonchev–Trinajstić information content (AvgIpc) is 2.47. The van der Waals surface area contributed by atoms with Crippen molar-refractivity contribution in [3.63, 3.8) is 0 Å². The molecule has 1 aliphatic rings. The van der Waals surface area contributed by atoms with Crippen molar-refractivity contribution in [2.24, 2.45) is 0 Å². The molecule has 0 saturated carbocycles. The van der Waals surface area contributed by atoms with Gasteiger partial charge in [0.2, 0.25) is 5.91 Å². The molecule has 1 fully saturated rings. The van der Waals surface area contributed by atoms with Gasteiger partial charge in [-0.25, -0.2) is 4.79 Å². The van der Waals surface area contributed by atoms with Gasteiger partial charge in [-0.3, -0.25) is 14.6 Å². The van der Waals surface area contributed by atoms with E-state index >= 15 is 0 Å². The molecule has 2 rings (SSSR count). The molecule has 7 nitrogen and oxygen atoms in total. The van der Waals surface area contributed by atoms with Crippen molar-refractivity contribution in [1.82, 2.24) is 15.2 Å². The Morgan fingerprint density at radius 3 is 2.95 bits per heavy atom. The first-order valence-corrected chi connectivity index (χ1v) is 6.44. The van der Waals surface area contributed by atoms with Crippen molar-refractivity contribution in [2.45, 2.75) is 13.0 Å². The maximum absolute atomic E-state index is 12.4. The van der Waals surface area contributed by atoms with Crippen LogP contribution in [0.1, 0.15) is 22.8 Å². The fraction of sp³-hybridized carbons (Fsp3) is 0.286. The Balaban J connectivity index is 2.21. The Bertz CT molecular complexity index is 612. The van der Waals surface area contributed by atoms with Crippen molar-refractivity contribution in [3.8, 4) is 0 Å². The number of carbonyl (C=O) groups is 3. The van der Waals surface area contributed by atoms with E-state index in [2.05, 4.69) is 10.3 Å². The number of carbonyl (C=O) groups excluding carboxylic acids is 2. The fourth-order valence-electron chi connectivity index (χ4n) is 2.06. The standard InChI is InChI=1S/C14H15N3O4/c1-9-13(20)16-4-5-17(9)14(21)11-6-10(7-15-8-11)2-3-12(18)19/h2-3,6-9H,4-5H2,1H3,(H,16,20)(H,18,19). The van der Waals surface area contributed by atoms with Crippen LogP contribution in [0.3, 0.4) is 0 Å². The first-order valence-electron chi connectivity index (χ1n) is 6.44. The van der Waals surface area contributed by atoms with Gasteiger partial charge in [-0.2, -0.15) is 0 Å². The number of aromatic nitrogens is 1. The highest BCUT2D eigenvalue weighted by molar-refractivity contribution is 5.98. The van der Waals surface area contributed by atoms with Crippen LogP contribution < -0.4 is 5.32 Å². The van der Waals surface area contributed by atoms with E-state index in [1.54, 1.807) is 13.0 Å². The molecule has 1 saturated heterocycles. The Hall–Kier alpha value is -2.70. The van der Waals surface area contributed by atoms with Crippen LogP contribution in [0, 0.1) is 0 Å². The van der Waals surface area contributed by atoms with Gasteiger partial charge in [0.15, 0.2) is 0 Å². The summed E-state index contributed by atoms with van der Waals surface area (Å²) in [6, 6.07) is 1.01. The SMILES string of the molecule is CC1C(=O)NCCN1C(=O)c1cncc(C=CC(=O)O)c1. The average molecular weight is 289 g/mol. The topological polar surface area (TPSA) is 99.6 Å². The van der Waals surface area contributed by atoms with E-state index in [1.165, 1.54) is 23.4 Å². The lowest BCUT2D eigenvalue weighted by atomic mass is 10.1. The van der Waals surface area contributed by atoms with Gasteiger partial charge in [-0.15, -0.1) is 0 Å². The Morgan fingerprint density at radius 2 is 2.24 bits per heavy atom. The van der Waals surface area contributed by atoms with E-state index in [0.717, 1.165) is 6.08 Å². The zero-order valence-electron chi connectivity index (χ0n) is 11.4. The molecular weight excluding hydrogens is 274 g/mol. The number of hydrogen-bond donors (Lipinski definition) is 2. The molecule has 7 heteroatoms. The highest BCUT2D eigenvalue weighted by atomic mass is 16.4. The molecule has 2 amide bonds. The molecule has 0 spiro atoms. The second-order valence-corrected chi connectivity index (χ2v) is 4.64. The summed E-state index contributed by atoms with van der Waals surface area (Å²) in [5, 5.41) is 11.3. The number of pyridine rings is 1. The molecule has 0 aliphatic carbocycles. The van der Waals surface area contributed by atoms with Gasteiger partial charge in [-0.05, 0) is 24.6 Å². The van der Waals surface area contributed by atoms with Crippen LogP contribution in [0.15, 0.2) is 24.5 Å². The second kappa shape index (κ2) is 6.17. The number of piperazine rings is 1. The third kappa shape index (κ3) is 3.44. The molecule has 0 aromatic carbocycles. The molecule has 2 N–H and O–H groups in total. The molecule has 1 aromatic rings. The number of rotatable bonds is 3. The maximum Gasteiger partial charge on any atom is 0.328 e. The minimum Gasteiger partial charge on any atom is -0.478 e. The first kappa shape index (κ1) is 14.7. The molecular formula is C14H15N3O4. The number of carboxylic acids is 1. The van der Waals surface area contributed by atoms with Gasteiger partial charge in [0, 0.05) is 31.6 Å². The van der Waals surface area contributed by atoms with Gasteiger partial charge in [0.25, 0.3) is 5.91 Å². The minimum atomic E-state index is -1.08. The Kier molecular flexibility index (Phi) is 4.32. The lowest BCUT2D eigenvalue weighted by Gasteiger charge is -2.32. The number of nitrogens with zero attached hydrogens (tertiary/aromatic N) is 2. The predicted molar refractivity (Wildman–Crippen MR) is 74.4 cm³/mol. The van der Waals surface area contributed by atoms with E-state index in [1.807, 2.05) is 0 Å². The highest BCUT2D eigenvalue weighted by Gasteiger charge is 2.29. The summed E-state index contributed by atoms with van der Waals surface area (Å²) in [6.45, 7) is 2.51. The lowest BCUT2D eigenvalue weighted by molar-refractivity contribution is -0.131. The van der Waals surface area contributed by atoms with Crippen molar-refractivity contribution in [2.75, 3.05) is 13.1 Å². The summed E-state index contributed by atoms with van der Waals surface area (Å²) in [5.41, 5.74) is 0.835. The highest BCUT2D eigenvalue weighted by Crippen LogP contribution is 2.12. The van der Waals surface area contributed by atoms with Crippen LogP contribution in [-0.2, 0) is 9.59 Å². The summed E-state index contributed by atoms with van der Waals surface area (Å²) in [5.74, 6) is -1.56. The van der Waals surface area contributed by atoms with E-state index in [-0.39, 0.29) is 11.8 Å². The zero-order chi connectivity index (χ0) is 15.4. The van der Waals surface area contributed by atoms with Crippen LogP contribution in [-0.4, -0.2) is 51.9 Å². The molecule has 1 unspecified atom stereocenters. The minimum absolute atomic E-state index is 0.190. The number of carboxylic acid groups (broad SMARTS) is 1. The molecule has 1 aromatic heterocycles. The molecule has 21 heavy (non-hydrogen) atoms. The molecule has 0 radical (unpaired) electrons. The molecule has 2 heterocycles. The van der Waals surface area contributed by atoms with Gasteiger partial charge in [0.05, 0.1) is 5.56 Å². The van der Waals surface area contributed by atoms with Crippen molar-refractivity contribution in [1.29, 1.82) is 0 Å². The second-order valence-electron chi connectivity index (χ2n) is 4.64. The smallest absolute Gasteiger partial charge is 0.328 e. The number of amides is 2. The number of nitrogens with one attached hydrogen (secondary N) is 1. The van der Waals surface area contributed by atoms with Crippen molar-refractivity contribution < 1.29 is 19.5 Å². The van der Waals surface area contributed by atoms with E-state index in [4.69, 9.17) is 5.11 Å². The van der Waals surface area contributed by atoms with Crippen molar-refractivity contribution in [3.05, 3.63) is 35.7 Å². The number of hydrogen-bond acceptors (Lipinski definition) is 4. The summed E-state index contributed by atoms with van der Waals surface area (Å²) in [4.78, 5) is 39.9. The summed E-state index contributed by atoms with van der Waals surface area (Å²) in [6.07, 6.45) is 5.20. The van der Waals surface area contributed by atoms with Crippen molar-refractivity contribution >= 4 is 23.9 Å².